The minimum atomic E-state index is 0. The van der Waals surface area contributed by atoms with E-state index in [0.717, 1.165) is 0 Å². The van der Waals surface area contributed by atoms with E-state index in [2.05, 4.69) is 0 Å². The minimum absolute atomic E-state index is 0. The predicted octanol–water partition coefficient (Wildman–Crippen LogP) is -10.9. The zero-order valence-corrected chi connectivity index (χ0v) is 6.95. The van der Waals surface area contributed by atoms with E-state index >= 15 is 0 Å². The van der Waals surface area contributed by atoms with Gasteiger partial charge in [-0.3, -0.25) is 0 Å². The van der Waals surface area contributed by atoms with E-state index in [1.807, 2.05) is 0 Å². The molecule has 0 aromatic rings. The molecule has 0 saturated carbocycles. The van der Waals surface area contributed by atoms with Crippen molar-refractivity contribution in [1.82, 2.24) is 0 Å². The van der Waals surface area contributed by atoms with Crippen molar-refractivity contribution in [3.05, 3.63) is 0 Å². The molecule has 0 spiro atoms. The third-order valence-electron chi connectivity index (χ3n) is 0. The first kappa shape index (κ1) is 1020. The largest absolute Gasteiger partial charge is 3.00 e. The summed E-state index contributed by atoms with van der Waals surface area (Å²) in [5, 5.41) is 0. The Bertz CT molecular complexity index is 11.0. The average molecular weight is 231 g/mol. The Morgan fingerprint density at radius 3 is 0.333 bits per heavy atom. The van der Waals surface area contributed by atoms with Gasteiger partial charge < -0.3 is 57.7 Å². The summed E-state index contributed by atoms with van der Waals surface area (Å²) in [4.78, 5) is 0. The van der Waals surface area contributed by atoms with Gasteiger partial charge in [-0.25, -0.2) is 0 Å². The number of hydrogen-bond donors (Lipinski definition) is 0. The maximum Gasteiger partial charge on any atom is 3.00 e. The molecule has 12 N–H and O–H groups in total. The second kappa shape index (κ2) is 722. The SMILES string of the molecule is O.O.O.O.O.O.[Cl-].[Cl-].[Cr+3]. The van der Waals surface area contributed by atoms with Gasteiger partial charge in [-0.2, -0.15) is 0 Å². The Morgan fingerprint density at radius 2 is 0.333 bits per heavy atom. The minimum Gasteiger partial charge on any atom is -1.00 e. The van der Waals surface area contributed by atoms with E-state index in [-0.39, 0.29) is 75.0 Å². The van der Waals surface area contributed by atoms with Gasteiger partial charge in [-0.1, -0.05) is 0 Å². The summed E-state index contributed by atoms with van der Waals surface area (Å²) in [6.45, 7) is 0. The molecule has 67 valence electrons. The molecule has 0 bridgehead atoms. The van der Waals surface area contributed by atoms with Crippen molar-refractivity contribution in [3.63, 3.8) is 0 Å². The summed E-state index contributed by atoms with van der Waals surface area (Å²) < 4.78 is 0. The van der Waals surface area contributed by atoms with Crippen molar-refractivity contribution in [3.8, 4) is 0 Å². The average Bonchev–Trinajstić information content (AvgIpc) is 0. The maximum absolute atomic E-state index is 0. The summed E-state index contributed by atoms with van der Waals surface area (Å²) in [5.41, 5.74) is 0. The summed E-state index contributed by atoms with van der Waals surface area (Å²) in [7, 11) is 0. The number of halogens is 2. The molecule has 0 atom stereocenters. The van der Waals surface area contributed by atoms with Gasteiger partial charge in [0, 0.05) is 0 Å². The predicted molar refractivity (Wildman–Crippen MR) is 21.7 cm³/mol. The summed E-state index contributed by atoms with van der Waals surface area (Å²) in [5.74, 6) is 0. The van der Waals surface area contributed by atoms with Gasteiger partial charge in [0.2, 0.25) is 0 Å². The summed E-state index contributed by atoms with van der Waals surface area (Å²) >= 11 is 0. The molecule has 0 amide bonds. The molecule has 0 unspecified atom stereocenters. The van der Waals surface area contributed by atoms with Crippen LogP contribution >= 0.6 is 0 Å². The van der Waals surface area contributed by atoms with Crippen molar-refractivity contribution in [2.45, 2.75) is 0 Å². The van der Waals surface area contributed by atoms with Gasteiger partial charge in [0.05, 0.1) is 0 Å². The Balaban J connectivity index is 0. The molecule has 6 nitrogen and oxygen atoms in total. The van der Waals surface area contributed by atoms with Gasteiger partial charge in [-0.05, 0) is 0 Å². The molecule has 9 heteroatoms. The van der Waals surface area contributed by atoms with Crippen LogP contribution in [0, 0.1) is 0 Å². The van der Waals surface area contributed by atoms with Crippen LogP contribution in [0.25, 0.3) is 0 Å². The zero-order valence-electron chi connectivity index (χ0n) is 4.16. The van der Waals surface area contributed by atoms with E-state index in [0.29, 0.717) is 0 Å². The first-order valence-electron chi connectivity index (χ1n) is 0. The number of rotatable bonds is 0. The molecule has 0 fully saturated rings. The fourth-order valence-electron chi connectivity index (χ4n) is 0. The third kappa shape index (κ3) is 551. The fourth-order valence-corrected chi connectivity index (χ4v) is 0. The Labute approximate surface area is 75.4 Å². The van der Waals surface area contributed by atoms with Crippen molar-refractivity contribution in [2.24, 2.45) is 0 Å². The van der Waals surface area contributed by atoms with Crippen molar-refractivity contribution >= 4 is 0 Å². The van der Waals surface area contributed by atoms with Crippen LogP contribution in [0.2, 0.25) is 0 Å². The molecular weight excluding hydrogens is 219 g/mol. The topological polar surface area (TPSA) is 189 Å². The van der Waals surface area contributed by atoms with Crippen LogP contribution in [0.15, 0.2) is 0 Å². The first-order chi connectivity index (χ1) is 0. The van der Waals surface area contributed by atoms with Gasteiger partial charge >= 0.3 is 17.4 Å². The second-order valence-electron chi connectivity index (χ2n) is 0. The standard InChI is InChI=1S/2ClH.Cr.6H2O/h2*1H;;6*1H2/q;;+3;;;;;;/p-2. The molecule has 9 heavy (non-hydrogen) atoms. The number of hydrogen-bond acceptors (Lipinski definition) is 0. The third-order valence-corrected chi connectivity index (χ3v) is 0. The normalized spacial score (nSPS) is 0. The van der Waals surface area contributed by atoms with Gasteiger partial charge in [0.1, 0.15) is 0 Å². The van der Waals surface area contributed by atoms with Crippen LogP contribution in [0.1, 0.15) is 0 Å². The van der Waals surface area contributed by atoms with Crippen LogP contribution in [0.4, 0.5) is 0 Å². The van der Waals surface area contributed by atoms with E-state index in [1.165, 1.54) is 0 Å². The monoisotopic (exact) mass is 230 g/mol. The van der Waals surface area contributed by atoms with E-state index < -0.39 is 0 Å². The molecule has 0 heterocycles. The Hall–Kier alpha value is 0.872. The molecule has 1 radical (unpaired) electrons. The first-order valence-corrected chi connectivity index (χ1v) is 0. The fraction of sp³-hybridized carbons (Fsp3) is 0. The summed E-state index contributed by atoms with van der Waals surface area (Å²) in [6.07, 6.45) is 0. The van der Waals surface area contributed by atoms with E-state index in [9.17, 15) is 0 Å². The van der Waals surface area contributed by atoms with Gasteiger partial charge in [0.25, 0.3) is 0 Å². The molecule has 0 aliphatic carbocycles. The second-order valence-corrected chi connectivity index (χ2v) is 0. The van der Waals surface area contributed by atoms with Crippen LogP contribution in [0.5, 0.6) is 0 Å². The van der Waals surface area contributed by atoms with Crippen molar-refractivity contribution in [1.29, 1.82) is 0 Å². The quantitative estimate of drug-likeness (QED) is 0.382. The molecule has 0 aromatic heterocycles. The van der Waals surface area contributed by atoms with E-state index in [4.69, 9.17) is 0 Å². The van der Waals surface area contributed by atoms with Gasteiger partial charge in [-0.15, -0.1) is 0 Å². The van der Waals surface area contributed by atoms with Crippen molar-refractivity contribution < 1.29 is 75.0 Å². The van der Waals surface area contributed by atoms with E-state index in [1.54, 1.807) is 0 Å². The summed E-state index contributed by atoms with van der Waals surface area (Å²) in [6, 6.07) is 0. The van der Waals surface area contributed by atoms with Crippen molar-refractivity contribution in [2.75, 3.05) is 0 Å². The molecule has 0 aromatic carbocycles. The zero-order chi connectivity index (χ0) is 0. The molecule has 0 rings (SSSR count). The molecule has 0 saturated heterocycles. The Kier molecular flexibility index (Phi) is 81900. The smallest absolute Gasteiger partial charge is 1.00 e. The van der Waals surface area contributed by atoms with Gasteiger partial charge in [0.15, 0.2) is 0 Å². The molecule has 0 aliphatic heterocycles. The van der Waals surface area contributed by atoms with Crippen LogP contribution < -0.4 is 24.8 Å². The van der Waals surface area contributed by atoms with Crippen LogP contribution in [0.3, 0.4) is 0 Å². The molecule has 0 aliphatic rings. The Morgan fingerprint density at radius 1 is 0.333 bits per heavy atom. The maximum atomic E-state index is 0. The molecular formula is H12Cl2CrO6+. The van der Waals surface area contributed by atoms with Crippen LogP contribution in [-0.2, 0) is 17.4 Å². The van der Waals surface area contributed by atoms with Crippen LogP contribution in [-0.4, -0.2) is 32.9 Å².